The molecule has 6 heteroatoms. The molecule has 0 aromatic heterocycles. The van der Waals surface area contributed by atoms with Crippen LogP contribution >= 0.6 is 30.3 Å². The summed E-state index contributed by atoms with van der Waals surface area (Å²) < 4.78 is 10.8. The Kier molecular flexibility index (Phi) is 4.37. The van der Waals surface area contributed by atoms with Gasteiger partial charge in [0, 0.05) is 36.0 Å². The van der Waals surface area contributed by atoms with Gasteiger partial charge >= 0.3 is 0 Å². The highest BCUT2D eigenvalue weighted by molar-refractivity contribution is 14.2. The summed E-state index contributed by atoms with van der Waals surface area (Å²) in [6, 6.07) is 6.32. The molecule has 102 valence electrons. The van der Waals surface area contributed by atoms with E-state index in [0.717, 1.165) is 37.2 Å². The zero-order chi connectivity index (χ0) is 13.1. The van der Waals surface area contributed by atoms with Gasteiger partial charge in [-0.1, -0.05) is 6.07 Å². The highest BCUT2D eigenvalue weighted by Crippen LogP contribution is 2.38. The number of rotatable bonds is 3. The third-order valence-corrected chi connectivity index (χ3v) is 4.42. The topological polar surface area (TPSA) is 42.9 Å². The molecule has 0 bridgehead atoms. The van der Waals surface area contributed by atoms with E-state index >= 15 is 0 Å². The molecule has 3 rings (SSSR count). The summed E-state index contributed by atoms with van der Waals surface area (Å²) in [5.74, 6) is 2.37. The van der Waals surface area contributed by atoms with Crippen LogP contribution < -0.4 is 14.3 Å². The predicted molar refractivity (Wildman–Crippen MR) is 86.0 cm³/mol. The molecule has 1 aromatic carbocycles. The molecule has 19 heavy (non-hydrogen) atoms. The molecule has 1 N–H and O–H groups in total. The summed E-state index contributed by atoms with van der Waals surface area (Å²) in [5, 5.41) is 4.37. The van der Waals surface area contributed by atoms with Crippen molar-refractivity contribution < 1.29 is 9.47 Å². The van der Waals surface area contributed by atoms with Gasteiger partial charge in [-0.15, -0.1) is 0 Å². The van der Waals surface area contributed by atoms with E-state index in [9.17, 15) is 0 Å². The number of nitrogens with zero attached hydrogens (tertiary/aromatic N) is 1. The van der Waals surface area contributed by atoms with E-state index in [2.05, 4.69) is 43.3 Å². The van der Waals surface area contributed by atoms with Crippen LogP contribution in [0.4, 0.5) is 0 Å². The number of hydrogen-bond donors (Lipinski definition) is 1. The fraction of sp³-hybridized carbons (Fsp3) is 0.462. The van der Waals surface area contributed by atoms with E-state index in [4.69, 9.17) is 9.47 Å². The molecule has 1 fully saturated rings. The summed E-state index contributed by atoms with van der Waals surface area (Å²) in [7, 11) is 1.51. The summed E-state index contributed by atoms with van der Waals surface area (Å²) in [5.41, 5.74) is 2.64. The number of fused-ring (bicyclic) bond motifs is 1. The second-order valence-electron chi connectivity index (χ2n) is 4.73. The molecular weight excluding hydrogens is 375 g/mol. The van der Waals surface area contributed by atoms with Crippen LogP contribution in [0.1, 0.15) is 37.2 Å². The molecule has 0 atom stereocenters. The first-order chi connectivity index (χ1) is 9.36. The van der Waals surface area contributed by atoms with Gasteiger partial charge in [-0.25, -0.2) is 4.83 Å². The SMILES string of the molecule is ISNN=C1CCC(c2ccc3c(c2)OCO3)CC1. The van der Waals surface area contributed by atoms with Crippen molar-refractivity contribution in [2.24, 2.45) is 5.10 Å². The average molecular weight is 390 g/mol. The standard InChI is InChI=1S/C13H15IN2O2S/c14-19-16-15-11-4-1-9(2-5-11)10-3-6-12-13(7-10)18-8-17-12/h3,6-7,9,16H,1-2,4-5,8H2. The van der Waals surface area contributed by atoms with Crippen LogP contribution in [-0.2, 0) is 0 Å². The molecule has 1 aliphatic carbocycles. The van der Waals surface area contributed by atoms with Gasteiger partial charge in [-0.05, 0) is 49.3 Å². The Balaban J connectivity index is 1.65. The maximum atomic E-state index is 5.44. The van der Waals surface area contributed by atoms with Gasteiger partial charge in [0.2, 0.25) is 6.79 Å². The molecular formula is C13H15IN2O2S. The average Bonchev–Trinajstić information content (AvgIpc) is 2.93. The van der Waals surface area contributed by atoms with Gasteiger partial charge < -0.3 is 9.47 Å². The fourth-order valence-electron chi connectivity index (χ4n) is 2.65. The van der Waals surface area contributed by atoms with Crippen molar-refractivity contribution in [3.63, 3.8) is 0 Å². The molecule has 4 nitrogen and oxygen atoms in total. The quantitative estimate of drug-likeness (QED) is 0.481. The van der Waals surface area contributed by atoms with Crippen LogP contribution in [0.15, 0.2) is 23.3 Å². The monoisotopic (exact) mass is 390 g/mol. The zero-order valence-electron chi connectivity index (χ0n) is 10.4. The summed E-state index contributed by atoms with van der Waals surface area (Å²) in [6.45, 7) is 0.347. The zero-order valence-corrected chi connectivity index (χ0v) is 13.4. The van der Waals surface area contributed by atoms with Crippen LogP contribution in [0.25, 0.3) is 0 Å². The minimum atomic E-state index is 0.347. The van der Waals surface area contributed by atoms with E-state index in [1.54, 1.807) is 0 Å². The Bertz CT molecular complexity index is 486. The summed E-state index contributed by atoms with van der Waals surface area (Å²) in [4.78, 5) is 2.96. The Hall–Kier alpha value is -0.630. The number of benzene rings is 1. The lowest BCUT2D eigenvalue weighted by molar-refractivity contribution is 0.174. The molecule has 0 amide bonds. The molecule has 1 saturated carbocycles. The molecule has 0 saturated heterocycles. The molecule has 0 unspecified atom stereocenters. The molecule has 0 spiro atoms. The number of hydrogen-bond acceptors (Lipinski definition) is 5. The van der Waals surface area contributed by atoms with Gasteiger partial charge in [0.25, 0.3) is 0 Å². The van der Waals surface area contributed by atoms with E-state index in [0.29, 0.717) is 12.7 Å². The normalized spacial score (nSPS) is 21.3. The Labute approximate surface area is 129 Å². The van der Waals surface area contributed by atoms with E-state index in [1.807, 2.05) is 6.07 Å². The minimum absolute atomic E-state index is 0.347. The molecule has 2 aliphatic rings. The number of hydrazone groups is 1. The van der Waals surface area contributed by atoms with Gasteiger partial charge in [0.05, 0.1) is 0 Å². The highest BCUT2D eigenvalue weighted by atomic mass is 127. The molecule has 1 aliphatic heterocycles. The third-order valence-electron chi connectivity index (χ3n) is 3.67. The molecule has 0 radical (unpaired) electrons. The largest absolute Gasteiger partial charge is 0.454 e. The highest BCUT2D eigenvalue weighted by Gasteiger charge is 2.22. The lowest BCUT2D eigenvalue weighted by Crippen LogP contribution is -2.14. The van der Waals surface area contributed by atoms with E-state index < -0.39 is 0 Å². The molecule has 1 aromatic rings. The Morgan fingerprint density at radius 3 is 2.79 bits per heavy atom. The number of ether oxygens (including phenoxy) is 2. The predicted octanol–water partition coefficient (Wildman–Crippen LogP) is 4.02. The minimum Gasteiger partial charge on any atom is -0.454 e. The lowest BCUT2D eigenvalue weighted by atomic mass is 9.83. The van der Waals surface area contributed by atoms with E-state index in [1.165, 1.54) is 20.4 Å². The van der Waals surface area contributed by atoms with Crippen molar-refractivity contribution in [3.05, 3.63) is 23.8 Å². The third kappa shape index (κ3) is 3.10. The van der Waals surface area contributed by atoms with Gasteiger partial charge in [0.15, 0.2) is 11.5 Å². The number of halogens is 1. The first-order valence-electron chi connectivity index (χ1n) is 6.34. The summed E-state index contributed by atoms with van der Waals surface area (Å²) >= 11 is 2.19. The van der Waals surface area contributed by atoms with Crippen LogP contribution in [0.3, 0.4) is 0 Å². The smallest absolute Gasteiger partial charge is 0.231 e. The Morgan fingerprint density at radius 1 is 1.21 bits per heavy atom. The maximum Gasteiger partial charge on any atom is 0.231 e. The lowest BCUT2D eigenvalue weighted by Gasteiger charge is -2.23. The van der Waals surface area contributed by atoms with Crippen molar-refractivity contribution in [2.75, 3.05) is 6.79 Å². The second kappa shape index (κ2) is 6.21. The van der Waals surface area contributed by atoms with Crippen molar-refractivity contribution in [3.8, 4) is 11.5 Å². The van der Waals surface area contributed by atoms with Crippen LogP contribution in [0.2, 0.25) is 0 Å². The van der Waals surface area contributed by atoms with Crippen molar-refractivity contribution in [1.29, 1.82) is 0 Å². The van der Waals surface area contributed by atoms with Crippen LogP contribution in [0, 0.1) is 0 Å². The van der Waals surface area contributed by atoms with Gasteiger partial charge in [0.1, 0.15) is 0 Å². The van der Waals surface area contributed by atoms with E-state index in [-0.39, 0.29) is 0 Å². The van der Waals surface area contributed by atoms with Crippen molar-refractivity contribution >= 4 is 36.0 Å². The first-order valence-corrected chi connectivity index (χ1v) is 9.70. The summed E-state index contributed by atoms with van der Waals surface area (Å²) in [6.07, 6.45) is 4.46. The van der Waals surface area contributed by atoms with Crippen molar-refractivity contribution in [1.82, 2.24) is 4.83 Å². The van der Waals surface area contributed by atoms with Crippen LogP contribution in [-0.4, -0.2) is 12.5 Å². The second-order valence-corrected chi connectivity index (χ2v) is 6.39. The maximum absolute atomic E-state index is 5.44. The van der Waals surface area contributed by atoms with Crippen LogP contribution in [0.5, 0.6) is 11.5 Å². The number of nitrogens with one attached hydrogen (secondary N) is 1. The van der Waals surface area contributed by atoms with Gasteiger partial charge in [-0.3, -0.25) is 0 Å². The Morgan fingerprint density at radius 2 is 2.00 bits per heavy atom. The first kappa shape index (κ1) is 13.4. The molecule has 1 heterocycles. The van der Waals surface area contributed by atoms with Gasteiger partial charge in [-0.2, -0.15) is 5.10 Å². The fourth-order valence-corrected chi connectivity index (χ4v) is 3.10. The van der Waals surface area contributed by atoms with Crippen molar-refractivity contribution in [2.45, 2.75) is 31.6 Å².